The van der Waals surface area contributed by atoms with Crippen LogP contribution in [0.1, 0.15) is 107 Å². The highest BCUT2D eigenvalue weighted by Gasteiger charge is 2.25. The van der Waals surface area contributed by atoms with E-state index in [1.54, 1.807) is 13.8 Å². The maximum absolute atomic E-state index is 12.8. The van der Waals surface area contributed by atoms with Gasteiger partial charge in [0, 0.05) is 91.3 Å². The molecule has 84 heavy (non-hydrogen) atoms. The van der Waals surface area contributed by atoms with Gasteiger partial charge in [0.2, 0.25) is 41.4 Å². The van der Waals surface area contributed by atoms with E-state index in [0.29, 0.717) is 89.5 Å². The average molecular weight is 1210 g/mol. The highest BCUT2D eigenvalue weighted by atomic mass is 16.5. The van der Waals surface area contributed by atoms with Crippen molar-refractivity contribution in [3.63, 3.8) is 0 Å². The number of carbonyl (C=O) groups is 9. The van der Waals surface area contributed by atoms with Crippen LogP contribution in [-0.4, -0.2) is 244 Å². The van der Waals surface area contributed by atoms with E-state index < -0.39 is 17.4 Å². The third-order valence-corrected chi connectivity index (χ3v) is 12.3. The summed E-state index contributed by atoms with van der Waals surface area (Å²) < 4.78 is 42.5. The lowest BCUT2D eigenvalue weighted by atomic mass is 9.95. The van der Waals surface area contributed by atoms with Crippen LogP contribution in [0.4, 0.5) is 0 Å². The molecule has 3 atom stereocenters. The number of oxime groups is 2. The molecule has 0 aliphatic heterocycles. The van der Waals surface area contributed by atoms with E-state index in [1.165, 1.54) is 6.92 Å². The second kappa shape index (κ2) is 51.6. The Morgan fingerprint density at radius 1 is 0.500 bits per heavy atom. The number of hydrogen-bond acceptors (Lipinski definition) is 23. The second-order valence-electron chi connectivity index (χ2n) is 20.0. The molecule has 0 rings (SSSR count). The maximum Gasteiger partial charge on any atom is 0.246 e. The Kier molecular flexibility index (Phi) is 48.0. The Morgan fingerprint density at radius 2 is 0.917 bits per heavy atom. The predicted molar refractivity (Wildman–Crippen MR) is 310 cm³/mol. The van der Waals surface area contributed by atoms with Crippen LogP contribution in [0.15, 0.2) is 10.3 Å². The molecule has 0 bridgehead atoms. The largest absolute Gasteiger partial charge is 0.411 e. The maximum atomic E-state index is 12.8. The zero-order valence-electron chi connectivity index (χ0n) is 50.4. The molecule has 12 N–H and O–H groups in total. The van der Waals surface area contributed by atoms with Crippen LogP contribution in [-0.2, 0) is 81.0 Å². The third kappa shape index (κ3) is 47.5. The van der Waals surface area contributed by atoms with Crippen LogP contribution in [0, 0.1) is 5.92 Å². The van der Waals surface area contributed by atoms with Crippen molar-refractivity contribution < 1.29 is 92.9 Å². The number of unbranched alkanes of at least 4 members (excludes halogenated alkanes) is 1. The Bertz CT molecular complexity index is 1960. The number of hydrogen-bond donors (Lipinski definition) is 11. The zero-order chi connectivity index (χ0) is 62.6. The molecule has 0 heterocycles. The van der Waals surface area contributed by atoms with Crippen LogP contribution in [0.5, 0.6) is 0 Å². The smallest absolute Gasteiger partial charge is 0.246 e. The van der Waals surface area contributed by atoms with E-state index in [-0.39, 0.29) is 198 Å². The van der Waals surface area contributed by atoms with Gasteiger partial charge in [0.1, 0.15) is 26.4 Å². The lowest BCUT2D eigenvalue weighted by Gasteiger charge is -2.29. The summed E-state index contributed by atoms with van der Waals surface area (Å²) in [5, 5.41) is 47.8. The Hall–Kier alpha value is -5.83. The van der Waals surface area contributed by atoms with Gasteiger partial charge in [-0.05, 0) is 67.2 Å². The summed E-state index contributed by atoms with van der Waals surface area (Å²) in [7, 11) is 0. The fraction of sp³-hybridized carbons (Fsp3) is 0.796. The molecular weight excluding hydrogens is 1110 g/mol. The Labute approximate surface area is 495 Å². The summed E-state index contributed by atoms with van der Waals surface area (Å²) in [4.78, 5) is 109. The van der Waals surface area contributed by atoms with Crippen molar-refractivity contribution in [3.8, 4) is 0 Å². The lowest BCUT2D eigenvalue weighted by molar-refractivity contribution is -0.130. The van der Waals surface area contributed by atoms with Crippen LogP contribution in [0.25, 0.3) is 0 Å². The van der Waals surface area contributed by atoms with Crippen molar-refractivity contribution in [3.05, 3.63) is 0 Å². The van der Waals surface area contributed by atoms with E-state index in [1.807, 2.05) is 20.8 Å². The van der Waals surface area contributed by atoms with E-state index >= 15 is 0 Å². The van der Waals surface area contributed by atoms with Crippen LogP contribution < -0.4 is 48.3 Å². The SMILES string of the molecule is CC(=O)COCCOCCNC(=O)COCCOCCNC(=O)CCCC(=O)NCCOCCOCC(=O)NCCOCCOCC(=O)C[C@@H](CCCCNC(=O)CCCC(=O)NC(CNC(C)/C(C)=N/O)CNC(C)(C)/C(C)=N/O)C(N)=O.[HH]. The van der Waals surface area contributed by atoms with Gasteiger partial charge in [0.15, 0.2) is 11.6 Å². The molecule has 0 fully saturated rings. The molecule has 0 aliphatic carbocycles. The highest BCUT2D eigenvalue weighted by Crippen LogP contribution is 2.13. The quantitative estimate of drug-likeness (QED) is 0.0145. The summed E-state index contributed by atoms with van der Waals surface area (Å²) >= 11 is 0. The number of carbonyl (C=O) groups excluding carboxylic acids is 9. The monoisotopic (exact) mass is 1210 g/mol. The molecule has 0 aromatic heterocycles. The Balaban J connectivity index is 0. The van der Waals surface area contributed by atoms with Crippen LogP contribution in [0.3, 0.4) is 0 Å². The molecule has 0 aliphatic rings. The number of nitrogens with one attached hydrogen (secondary N) is 8. The fourth-order valence-electron chi connectivity index (χ4n) is 6.93. The standard InChI is InChI=1S/C54H99N11O19.H2/c1-40(66)36-81-29-25-79-23-19-59-51(72)38-83-31-27-77-21-17-57-48(69)12-9-13-49(70)58-18-22-78-28-32-84-39-52(73)60-20-24-80-26-30-82-37-46(67)33-44(53(55)74)11-7-8-16-56-47(68)14-10-15-50(71)63-45(34-61-41(2)42(3)64-75)35-62-54(5,6)43(4)65-76;/h41,44-45,61-62,75-76H,7-39H2,1-6H3,(H2,55,74)(H,56,68)(H,57,69)(H,58,70)(H,59,72)(H,60,73)(H,63,71);1H/b64-42+,65-43+;/t41?,44-,45?;/m1./s1. The van der Waals surface area contributed by atoms with Crippen LogP contribution in [0.2, 0.25) is 0 Å². The molecule has 7 amide bonds. The average Bonchev–Trinajstić information content (AvgIpc) is 3.60. The summed E-state index contributed by atoms with van der Waals surface area (Å²) in [5.41, 5.74) is 5.85. The summed E-state index contributed by atoms with van der Waals surface area (Å²) in [6.07, 6.45) is 2.62. The van der Waals surface area contributed by atoms with Gasteiger partial charge in [0.25, 0.3) is 0 Å². The predicted octanol–water partition coefficient (Wildman–Crippen LogP) is -1.36. The molecule has 0 aromatic carbocycles. The number of rotatable bonds is 57. The van der Waals surface area contributed by atoms with Gasteiger partial charge >= 0.3 is 0 Å². The van der Waals surface area contributed by atoms with E-state index in [0.717, 1.165) is 0 Å². The first kappa shape index (κ1) is 78.2. The van der Waals surface area contributed by atoms with Crippen molar-refractivity contribution in [2.45, 2.75) is 123 Å². The minimum Gasteiger partial charge on any atom is -0.411 e. The summed E-state index contributed by atoms with van der Waals surface area (Å²) in [6, 6.07) is -0.624. The van der Waals surface area contributed by atoms with Gasteiger partial charge in [-0.1, -0.05) is 16.7 Å². The van der Waals surface area contributed by atoms with Crippen molar-refractivity contribution in [2.75, 3.05) is 152 Å². The van der Waals surface area contributed by atoms with Gasteiger partial charge in [0.05, 0.1) is 102 Å². The van der Waals surface area contributed by atoms with E-state index in [4.69, 9.17) is 48.8 Å². The number of ether oxygens (including phenoxy) is 8. The molecule has 2 unspecified atom stereocenters. The Morgan fingerprint density at radius 3 is 1.36 bits per heavy atom. The summed E-state index contributed by atoms with van der Waals surface area (Å²) in [6.45, 7) is 14.6. The minimum atomic E-state index is -0.687. The van der Waals surface area contributed by atoms with E-state index in [2.05, 4.69) is 52.8 Å². The number of primary amides is 1. The first-order valence-corrected chi connectivity index (χ1v) is 28.6. The molecule has 30 nitrogen and oxygen atoms in total. The zero-order valence-corrected chi connectivity index (χ0v) is 50.4. The number of amides is 7. The normalized spacial score (nSPS) is 12.9. The molecule has 0 saturated carbocycles. The van der Waals surface area contributed by atoms with Crippen molar-refractivity contribution in [2.24, 2.45) is 22.0 Å². The van der Waals surface area contributed by atoms with Crippen LogP contribution >= 0.6 is 0 Å². The van der Waals surface area contributed by atoms with Gasteiger partial charge in [-0.25, -0.2) is 0 Å². The van der Waals surface area contributed by atoms with Gasteiger partial charge < -0.3 is 96.6 Å². The molecule has 0 saturated heterocycles. The van der Waals surface area contributed by atoms with Crippen molar-refractivity contribution >= 4 is 64.3 Å². The van der Waals surface area contributed by atoms with Gasteiger partial charge in [-0.2, -0.15) is 0 Å². The van der Waals surface area contributed by atoms with Gasteiger partial charge in [-0.3, -0.25) is 43.2 Å². The molecule has 0 spiro atoms. The van der Waals surface area contributed by atoms with E-state index in [9.17, 15) is 48.4 Å². The highest BCUT2D eigenvalue weighted by molar-refractivity contribution is 5.90. The minimum absolute atomic E-state index is 0. The number of nitrogens with two attached hydrogens (primary N) is 1. The van der Waals surface area contributed by atoms with Crippen molar-refractivity contribution in [1.82, 2.24) is 42.5 Å². The topological polar surface area (TPSA) is 415 Å². The third-order valence-electron chi connectivity index (χ3n) is 12.3. The molecule has 0 radical (unpaired) electrons. The molecular formula is C54H101N11O19. The molecule has 30 heteroatoms. The van der Waals surface area contributed by atoms with Gasteiger partial charge in [-0.15, -0.1) is 0 Å². The number of ketones is 2. The first-order valence-electron chi connectivity index (χ1n) is 28.6. The molecule has 0 aromatic rings. The fourth-order valence-corrected chi connectivity index (χ4v) is 6.93. The first-order chi connectivity index (χ1) is 40.2. The second-order valence-corrected chi connectivity index (χ2v) is 20.0. The van der Waals surface area contributed by atoms with Crippen molar-refractivity contribution in [1.29, 1.82) is 0 Å². The lowest BCUT2D eigenvalue weighted by Crippen LogP contribution is -2.55. The number of Topliss-reactive ketones (excluding diaryl/α,β-unsaturated/α-hetero) is 2. The molecule has 486 valence electrons. The summed E-state index contributed by atoms with van der Waals surface area (Å²) in [5.74, 6) is -3.20. The number of nitrogens with zero attached hydrogens (tertiary/aromatic N) is 2.